The van der Waals surface area contributed by atoms with Gasteiger partial charge in [0.2, 0.25) is 0 Å². The molecule has 2 rings (SSSR count). The molecular weight excluding hydrogens is 347 g/mol. The first-order valence-electron chi connectivity index (χ1n) is 4.74. The normalized spacial score (nSPS) is 9.65. The number of nitrogens with one attached hydrogen (secondary N) is 1. The Morgan fingerprint density at radius 3 is 2.59 bits per heavy atom. The summed E-state index contributed by atoms with van der Waals surface area (Å²) in [6.45, 7) is 0. The number of amides is 1. The molecule has 84 valence electrons. The van der Waals surface area contributed by atoms with E-state index in [-0.39, 0.29) is 5.91 Å². The zero-order valence-electron chi connectivity index (χ0n) is 8.61. The average Bonchev–Trinajstić information content (AvgIpc) is 2.77. The SMILES string of the molecule is N#Cc1ccc(NC(=O)c2csc(I)c2)cc1. The summed E-state index contributed by atoms with van der Waals surface area (Å²) in [5, 5.41) is 13.3. The van der Waals surface area contributed by atoms with E-state index in [0.717, 1.165) is 2.88 Å². The molecule has 0 aliphatic heterocycles. The molecule has 1 aromatic heterocycles. The molecule has 17 heavy (non-hydrogen) atoms. The molecule has 5 heteroatoms. The minimum atomic E-state index is -0.131. The molecule has 0 saturated heterocycles. The summed E-state index contributed by atoms with van der Waals surface area (Å²) in [5.41, 5.74) is 1.92. The lowest BCUT2D eigenvalue weighted by Gasteiger charge is -2.03. The quantitative estimate of drug-likeness (QED) is 0.840. The molecule has 2 aromatic rings. The fourth-order valence-corrected chi connectivity index (χ4v) is 2.59. The standard InChI is InChI=1S/C12H7IN2OS/c13-11-5-9(7-17-11)12(16)15-10-3-1-8(6-14)2-4-10/h1-5,7H,(H,15,16). The van der Waals surface area contributed by atoms with Gasteiger partial charge in [0.1, 0.15) is 0 Å². The summed E-state index contributed by atoms with van der Waals surface area (Å²) in [4.78, 5) is 11.8. The fourth-order valence-electron chi connectivity index (χ4n) is 1.26. The van der Waals surface area contributed by atoms with Crippen LogP contribution in [0.15, 0.2) is 35.7 Å². The number of carbonyl (C=O) groups is 1. The number of carbonyl (C=O) groups excluding carboxylic acids is 1. The van der Waals surface area contributed by atoms with Crippen molar-refractivity contribution in [1.82, 2.24) is 0 Å². The third-order valence-electron chi connectivity index (χ3n) is 2.10. The van der Waals surface area contributed by atoms with E-state index in [0.29, 0.717) is 16.8 Å². The highest BCUT2D eigenvalue weighted by atomic mass is 127. The zero-order chi connectivity index (χ0) is 12.3. The van der Waals surface area contributed by atoms with Gasteiger partial charge < -0.3 is 5.32 Å². The van der Waals surface area contributed by atoms with Crippen molar-refractivity contribution < 1.29 is 4.79 Å². The number of thiophene rings is 1. The molecule has 0 spiro atoms. The Morgan fingerprint density at radius 1 is 1.35 bits per heavy atom. The first kappa shape index (κ1) is 12.1. The van der Waals surface area contributed by atoms with Crippen molar-refractivity contribution in [3.05, 3.63) is 49.7 Å². The van der Waals surface area contributed by atoms with Crippen molar-refractivity contribution in [1.29, 1.82) is 5.26 Å². The Morgan fingerprint density at radius 2 is 2.06 bits per heavy atom. The molecule has 1 amide bonds. The van der Waals surface area contributed by atoms with Gasteiger partial charge in [0.05, 0.1) is 20.1 Å². The number of hydrogen-bond acceptors (Lipinski definition) is 3. The molecule has 0 fully saturated rings. The van der Waals surface area contributed by atoms with E-state index in [1.165, 1.54) is 11.3 Å². The zero-order valence-corrected chi connectivity index (χ0v) is 11.6. The van der Waals surface area contributed by atoms with E-state index < -0.39 is 0 Å². The van der Waals surface area contributed by atoms with Crippen LogP contribution in [-0.2, 0) is 0 Å². The van der Waals surface area contributed by atoms with Gasteiger partial charge in [-0.1, -0.05) is 0 Å². The van der Waals surface area contributed by atoms with Gasteiger partial charge in [-0.15, -0.1) is 11.3 Å². The van der Waals surface area contributed by atoms with Crippen molar-refractivity contribution in [2.45, 2.75) is 0 Å². The second-order valence-corrected chi connectivity index (χ2v) is 6.09. The Balaban J connectivity index is 2.11. The Kier molecular flexibility index (Phi) is 3.76. The topological polar surface area (TPSA) is 52.9 Å². The van der Waals surface area contributed by atoms with Crippen molar-refractivity contribution in [3.63, 3.8) is 0 Å². The van der Waals surface area contributed by atoms with E-state index >= 15 is 0 Å². The van der Waals surface area contributed by atoms with Crippen LogP contribution in [0.4, 0.5) is 5.69 Å². The average molecular weight is 354 g/mol. The maximum absolute atomic E-state index is 11.8. The molecule has 1 N–H and O–H groups in total. The molecule has 0 unspecified atom stereocenters. The highest BCUT2D eigenvalue weighted by Crippen LogP contribution is 2.18. The third kappa shape index (κ3) is 3.05. The van der Waals surface area contributed by atoms with Gasteiger partial charge in [-0.3, -0.25) is 4.79 Å². The number of benzene rings is 1. The predicted octanol–water partition coefficient (Wildman–Crippen LogP) is 3.48. The van der Waals surface area contributed by atoms with Gasteiger partial charge in [0, 0.05) is 11.1 Å². The van der Waals surface area contributed by atoms with Crippen molar-refractivity contribution in [2.24, 2.45) is 0 Å². The molecule has 1 aromatic carbocycles. The Hall–Kier alpha value is -1.39. The molecule has 1 heterocycles. The summed E-state index contributed by atoms with van der Waals surface area (Å²) in [6.07, 6.45) is 0. The van der Waals surface area contributed by atoms with Crippen molar-refractivity contribution in [3.8, 4) is 6.07 Å². The van der Waals surface area contributed by atoms with Crippen molar-refractivity contribution >= 4 is 45.5 Å². The van der Waals surface area contributed by atoms with Crippen LogP contribution in [0, 0.1) is 14.2 Å². The monoisotopic (exact) mass is 354 g/mol. The molecule has 0 saturated carbocycles. The lowest BCUT2D eigenvalue weighted by molar-refractivity contribution is 0.102. The molecule has 0 bridgehead atoms. The van der Waals surface area contributed by atoms with Gasteiger partial charge in [0.15, 0.2) is 0 Å². The summed E-state index contributed by atoms with van der Waals surface area (Å²) >= 11 is 3.71. The minimum Gasteiger partial charge on any atom is -0.322 e. The second kappa shape index (κ2) is 5.29. The van der Waals surface area contributed by atoms with Crippen LogP contribution < -0.4 is 5.32 Å². The van der Waals surface area contributed by atoms with Crippen molar-refractivity contribution in [2.75, 3.05) is 5.32 Å². The van der Waals surface area contributed by atoms with Gasteiger partial charge >= 0.3 is 0 Å². The molecule has 0 radical (unpaired) electrons. The highest BCUT2D eigenvalue weighted by Gasteiger charge is 2.07. The molecule has 0 aliphatic rings. The smallest absolute Gasteiger partial charge is 0.256 e. The van der Waals surface area contributed by atoms with Crippen LogP contribution in [-0.4, -0.2) is 5.91 Å². The number of hydrogen-bond donors (Lipinski definition) is 1. The number of nitrogens with zero attached hydrogens (tertiary/aromatic N) is 1. The van der Waals surface area contributed by atoms with Gasteiger partial charge in [0.25, 0.3) is 5.91 Å². The maximum Gasteiger partial charge on any atom is 0.256 e. The van der Waals surface area contributed by atoms with E-state index in [1.807, 2.05) is 17.5 Å². The fraction of sp³-hybridized carbons (Fsp3) is 0. The highest BCUT2D eigenvalue weighted by molar-refractivity contribution is 14.1. The van der Waals surface area contributed by atoms with Crippen LogP contribution in [0.25, 0.3) is 0 Å². The van der Waals surface area contributed by atoms with Crippen LogP contribution >= 0.6 is 33.9 Å². The number of rotatable bonds is 2. The molecule has 0 aliphatic carbocycles. The first-order chi connectivity index (χ1) is 8.19. The van der Waals surface area contributed by atoms with Gasteiger partial charge in [-0.05, 0) is 52.9 Å². The second-order valence-electron chi connectivity index (χ2n) is 3.28. The lowest BCUT2D eigenvalue weighted by atomic mass is 10.2. The largest absolute Gasteiger partial charge is 0.322 e. The summed E-state index contributed by atoms with van der Waals surface area (Å²) in [7, 11) is 0. The van der Waals surface area contributed by atoms with Crippen LogP contribution in [0.5, 0.6) is 0 Å². The third-order valence-corrected chi connectivity index (χ3v) is 3.89. The Labute approximate surface area is 116 Å². The Bertz CT molecular complexity index is 583. The molecule has 3 nitrogen and oxygen atoms in total. The lowest BCUT2D eigenvalue weighted by Crippen LogP contribution is -2.10. The van der Waals surface area contributed by atoms with Gasteiger partial charge in [-0.2, -0.15) is 5.26 Å². The van der Waals surface area contributed by atoms with Gasteiger partial charge in [-0.25, -0.2) is 0 Å². The van der Waals surface area contributed by atoms with Crippen LogP contribution in [0.2, 0.25) is 0 Å². The van der Waals surface area contributed by atoms with Crippen LogP contribution in [0.1, 0.15) is 15.9 Å². The summed E-state index contributed by atoms with van der Waals surface area (Å²) in [5.74, 6) is -0.131. The van der Waals surface area contributed by atoms with Crippen LogP contribution in [0.3, 0.4) is 0 Å². The molecule has 0 atom stereocenters. The minimum absolute atomic E-state index is 0.131. The van der Waals surface area contributed by atoms with E-state index in [9.17, 15) is 4.79 Å². The summed E-state index contributed by atoms with van der Waals surface area (Å²) < 4.78 is 1.08. The predicted molar refractivity (Wildman–Crippen MR) is 76.1 cm³/mol. The maximum atomic E-state index is 11.8. The van der Waals surface area contributed by atoms with E-state index in [1.54, 1.807) is 24.3 Å². The molecular formula is C12H7IN2OS. The number of anilines is 1. The number of halogens is 1. The first-order valence-corrected chi connectivity index (χ1v) is 6.70. The summed E-state index contributed by atoms with van der Waals surface area (Å²) in [6, 6.07) is 10.6. The van der Waals surface area contributed by atoms with E-state index in [2.05, 4.69) is 27.9 Å². The van der Waals surface area contributed by atoms with E-state index in [4.69, 9.17) is 5.26 Å². The number of nitriles is 1.